The Morgan fingerprint density at radius 1 is 1.11 bits per heavy atom. The molecule has 9 heteroatoms. The molecule has 1 aliphatic rings. The number of amides is 2. The number of benzene rings is 2. The molecule has 1 aromatic heterocycles. The number of nitrogens with one attached hydrogen (secondary N) is 1. The summed E-state index contributed by atoms with van der Waals surface area (Å²) in [5, 5.41) is 2.91. The Morgan fingerprint density at radius 2 is 1.80 bits per heavy atom. The summed E-state index contributed by atoms with van der Waals surface area (Å²) in [5.41, 5.74) is 8.53. The fourth-order valence-electron chi connectivity index (χ4n) is 3.80. The molecule has 0 fully saturated rings. The van der Waals surface area contributed by atoms with Crippen LogP contribution in [0.15, 0.2) is 71.9 Å². The lowest BCUT2D eigenvalue weighted by Gasteiger charge is -2.25. The monoisotopic (exact) mass is 474 g/mol. The van der Waals surface area contributed by atoms with Gasteiger partial charge in [0, 0.05) is 17.3 Å². The molecule has 1 aliphatic heterocycles. The maximum atomic E-state index is 14.7. The van der Waals surface area contributed by atoms with E-state index in [1.807, 2.05) is 25.9 Å². The van der Waals surface area contributed by atoms with E-state index >= 15 is 0 Å². The van der Waals surface area contributed by atoms with Crippen LogP contribution in [-0.2, 0) is 11.3 Å². The van der Waals surface area contributed by atoms with Crippen LogP contribution in [0.5, 0.6) is 0 Å². The molecule has 0 bridgehead atoms. The number of hydrogen-bond donors (Lipinski definition) is 2. The predicted octanol–water partition coefficient (Wildman–Crippen LogP) is 2.53. The second kappa shape index (κ2) is 10.1. The molecule has 35 heavy (non-hydrogen) atoms. The van der Waals surface area contributed by atoms with Crippen LogP contribution >= 0.6 is 0 Å². The molecule has 3 N–H and O–H groups in total. The Hall–Kier alpha value is -3.95. The van der Waals surface area contributed by atoms with Crippen LogP contribution in [0.2, 0.25) is 0 Å². The number of nitrogens with two attached hydrogens (primary N) is 1. The zero-order valence-electron chi connectivity index (χ0n) is 19.8. The van der Waals surface area contributed by atoms with Gasteiger partial charge in [-0.1, -0.05) is 30.3 Å². The minimum absolute atomic E-state index is 0.0104. The number of halogens is 1. The van der Waals surface area contributed by atoms with E-state index in [9.17, 15) is 14.0 Å². The number of pyridine rings is 1. The van der Waals surface area contributed by atoms with Gasteiger partial charge in [-0.15, -0.1) is 0 Å². The predicted molar refractivity (Wildman–Crippen MR) is 132 cm³/mol. The highest BCUT2D eigenvalue weighted by atomic mass is 19.1. The topological polar surface area (TPSA) is 104 Å². The molecule has 180 valence electrons. The molecule has 0 spiro atoms. The second-order valence-electron chi connectivity index (χ2n) is 8.45. The van der Waals surface area contributed by atoms with Crippen molar-refractivity contribution < 1.29 is 14.0 Å². The summed E-state index contributed by atoms with van der Waals surface area (Å²) in [5.74, 6) is -1.26. The van der Waals surface area contributed by atoms with Gasteiger partial charge < -0.3 is 16.0 Å². The lowest BCUT2D eigenvalue weighted by Crippen LogP contribution is -2.44. The molecule has 0 radical (unpaired) electrons. The number of aliphatic imine (C=N–C) groups is 1. The first-order chi connectivity index (χ1) is 16.8. The number of benzodiazepines with no additional fused rings is 1. The molecule has 3 aromatic rings. The Bertz CT molecular complexity index is 1290. The number of anilines is 1. The van der Waals surface area contributed by atoms with Gasteiger partial charge in [0.05, 0.1) is 35.4 Å². The van der Waals surface area contributed by atoms with E-state index in [0.717, 1.165) is 0 Å². The van der Waals surface area contributed by atoms with Gasteiger partial charge in [0.25, 0.3) is 11.8 Å². The molecule has 0 aliphatic carbocycles. The van der Waals surface area contributed by atoms with Crippen LogP contribution in [0.4, 0.5) is 10.1 Å². The molecule has 2 unspecified atom stereocenters. The largest absolute Gasteiger partial charge is 0.337 e. The summed E-state index contributed by atoms with van der Waals surface area (Å²) < 4.78 is 14.7. The second-order valence-corrected chi connectivity index (χ2v) is 8.45. The first-order valence-corrected chi connectivity index (χ1v) is 11.2. The van der Waals surface area contributed by atoms with Gasteiger partial charge in [-0.05, 0) is 51.4 Å². The van der Waals surface area contributed by atoms with Gasteiger partial charge in [0.2, 0.25) is 0 Å². The van der Waals surface area contributed by atoms with Crippen molar-refractivity contribution in [1.29, 1.82) is 0 Å². The smallest absolute Gasteiger partial charge is 0.266 e. The van der Waals surface area contributed by atoms with Crippen molar-refractivity contribution in [3.63, 3.8) is 0 Å². The van der Waals surface area contributed by atoms with E-state index < -0.39 is 17.9 Å². The molecule has 0 saturated carbocycles. The molecule has 8 nitrogen and oxygen atoms in total. The third-order valence-corrected chi connectivity index (χ3v) is 5.92. The number of carbonyl (C=O) groups excluding carboxylic acids is 2. The highest BCUT2D eigenvalue weighted by Crippen LogP contribution is 2.30. The van der Waals surface area contributed by atoms with E-state index in [4.69, 9.17) is 5.73 Å². The minimum Gasteiger partial charge on any atom is -0.337 e. The lowest BCUT2D eigenvalue weighted by molar-refractivity contribution is -0.119. The van der Waals surface area contributed by atoms with Gasteiger partial charge in [0.1, 0.15) is 5.82 Å². The summed E-state index contributed by atoms with van der Waals surface area (Å²) in [7, 11) is 3.72. The van der Waals surface area contributed by atoms with Crippen molar-refractivity contribution in [3.8, 4) is 0 Å². The average molecular weight is 475 g/mol. The van der Waals surface area contributed by atoms with E-state index in [-0.39, 0.29) is 24.2 Å². The number of aromatic nitrogens is 1. The van der Waals surface area contributed by atoms with Gasteiger partial charge in [-0.2, -0.15) is 0 Å². The van der Waals surface area contributed by atoms with Crippen LogP contribution in [-0.4, -0.2) is 53.8 Å². The Kier molecular flexibility index (Phi) is 6.99. The van der Waals surface area contributed by atoms with Gasteiger partial charge in [0.15, 0.2) is 6.17 Å². The number of fused-ring (bicyclic) bond motifs is 1. The maximum Gasteiger partial charge on any atom is 0.266 e. The molecule has 2 aromatic carbocycles. The summed E-state index contributed by atoms with van der Waals surface area (Å²) in [6.07, 6.45) is 0.102. The Morgan fingerprint density at radius 3 is 2.51 bits per heavy atom. The van der Waals surface area contributed by atoms with E-state index in [1.165, 1.54) is 11.0 Å². The first-order valence-electron chi connectivity index (χ1n) is 11.2. The van der Waals surface area contributed by atoms with E-state index in [2.05, 4.69) is 15.3 Å². The third kappa shape index (κ3) is 4.96. The van der Waals surface area contributed by atoms with Gasteiger partial charge in [-0.3, -0.25) is 24.5 Å². The molecule has 4 rings (SSSR count). The summed E-state index contributed by atoms with van der Waals surface area (Å²) in [6, 6.07) is 16.6. The van der Waals surface area contributed by atoms with Crippen molar-refractivity contribution >= 4 is 23.2 Å². The number of carbonyl (C=O) groups is 2. The normalized spacial score (nSPS) is 16.4. The van der Waals surface area contributed by atoms with Gasteiger partial charge in [-0.25, -0.2) is 4.39 Å². The SMILES string of the molecule is CC(NC(=O)c1cccnc1CN1C(=O)C(N)N=C(c2ccccc2F)c2ccccc21)N(C)C. The van der Waals surface area contributed by atoms with E-state index in [1.54, 1.807) is 60.8 Å². The fraction of sp³-hybridized carbons (Fsp3) is 0.231. The van der Waals surface area contributed by atoms with E-state index in [0.29, 0.717) is 28.2 Å². The average Bonchev–Trinajstić information content (AvgIpc) is 2.95. The van der Waals surface area contributed by atoms with Crippen LogP contribution in [0.25, 0.3) is 0 Å². The van der Waals surface area contributed by atoms with Gasteiger partial charge >= 0.3 is 0 Å². The quantitative estimate of drug-likeness (QED) is 0.535. The molecule has 0 saturated heterocycles. The minimum atomic E-state index is -1.26. The van der Waals surface area contributed by atoms with Crippen LogP contribution in [0, 0.1) is 5.82 Å². The van der Waals surface area contributed by atoms with Crippen molar-refractivity contribution in [2.24, 2.45) is 10.7 Å². The van der Waals surface area contributed by atoms with Crippen molar-refractivity contribution in [2.45, 2.75) is 25.8 Å². The van der Waals surface area contributed by atoms with Crippen LogP contribution in [0.1, 0.15) is 34.1 Å². The first kappa shape index (κ1) is 24.2. The number of hydrogen-bond acceptors (Lipinski definition) is 6. The highest BCUT2D eigenvalue weighted by Gasteiger charge is 2.32. The standard InChI is InChI=1S/C26H27FN6O2/c1-16(32(2)3)30-25(34)18-11-8-14-29-21(18)15-33-22-13-7-5-10-19(22)23(31-24(28)26(33)35)17-9-4-6-12-20(17)27/h4-14,16,24H,15,28H2,1-3H3,(H,30,34). The van der Waals surface area contributed by atoms with Crippen molar-refractivity contribution in [1.82, 2.24) is 15.2 Å². The molecule has 2 amide bonds. The number of para-hydroxylation sites is 1. The molecule has 2 atom stereocenters. The zero-order valence-corrected chi connectivity index (χ0v) is 19.8. The van der Waals surface area contributed by atoms with Crippen LogP contribution < -0.4 is 16.0 Å². The number of rotatable bonds is 6. The number of nitrogens with zero attached hydrogens (tertiary/aromatic N) is 4. The fourth-order valence-corrected chi connectivity index (χ4v) is 3.80. The zero-order chi connectivity index (χ0) is 25.1. The summed E-state index contributed by atoms with van der Waals surface area (Å²) in [6.45, 7) is 1.85. The Labute approximate surface area is 203 Å². The van der Waals surface area contributed by atoms with Crippen molar-refractivity contribution in [2.75, 3.05) is 19.0 Å². The van der Waals surface area contributed by atoms with Crippen molar-refractivity contribution in [3.05, 3.63) is 95.1 Å². The Balaban J connectivity index is 1.76. The molecular formula is C26H27FN6O2. The lowest BCUT2D eigenvalue weighted by atomic mass is 9.99. The summed E-state index contributed by atoms with van der Waals surface area (Å²) in [4.78, 5) is 38.5. The molecule has 2 heterocycles. The molecular weight excluding hydrogens is 447 g/mol. The van der Waals surface area contributed by atoms with Crippen LogP contribution in [0.3, 0.4) is 0 Å². The highest BCUT2D eigenvalue weighted by molar-refractivity contribution is 6.20. The third-order valence-electron chi connectivity index (χ3n) is 5.92. The maximum absolute atomic E-state index is 14.7. The summed E-state index contributed by atoms with van der Waals surface area (Å²) >= 11 is 0.